The van der Waals surface area contributed by atoms with E-state index in [-0.39, 0.29) is 0 Å². The molecule has 1 unspecified atom stereocenters. The van der Waals surface area contributed by atoms with Crippen LogP contribution in [0.2, 0.25) is 0 Å². The van der Waals surface area contributed by atoms with Crippen LogP contribution >= 0.6 is 0 Å². The molecule has 0 spiro atoms. The number of hydrogen-bond donors (Lipinski definition) is 1. The van der Waals surface area contributed by atoms with E-state index in [2.05, 4.69) is 47.1 Å². The minimum atomic E-state index is -0.863. The fraction of sp³-hybridized carbons (Fsp3) is 0.350. The van der Waals surface area contributed by atoms with E-state index >= 15 is 0 Å². The van der Waals surface area contributed by atoms with Gasteiger partial charge in [-0.2, -0.15) is 0 Å². The number of aromatic carboxylic acids is 1. The van der Waals surface area contributed by atoms with Crippen LogP contribution in [0.5, 0.6) is 0 Å². The van der Waals surface area contributed by atoms with Crippen molar-refractivity contribution in [3.8, 4) is 0 Å². The average molecular weight is 324 g/mol. The van der Waals surface area contributed by atoms with Crippen LogP contribution in [0.4, 0.5) is 0 Å². The smallest absolute Gasteiger partial charge is 0.335 e. The molecule has 0 saturated carbocycles. The Morgan fingerprint density at radius 1 is 1.04 bits per heavy atom. The molecule has 0 aliphatic carbocycles. The lowest BCUT2D eigenvalue weighted by Gasteiger charge is -2.40. The topological polar surface area (TPSA) is 43.8 Å². The first-order valence-electron chi connectivity index (χ1n) is 8.44. The van der Waals surface area contributed by atoms with E-state index in [1.807, 2.05) is 12.1 Å². The van der Waals surface area contributed by atoms with Crippen molar-refractivity contribution in [2.24, 2.45) is 0 Å². The zero-order chi connectivity index (χ0) is 16.9. The molecular weight excluding hydrogens is 300 g/mol. The van der Waals surface area contributed by atoms with E-state index < -0.39 is 5.97 Å². The van der Waals surface area contributed by atoms with Crippen molar-refractivity contribution >= 4 is 5.97 Å². The minimum absolute atomic E-state index is 0.364. The van der Waals surface area contributed by atoms with Crippen LogP contribution in [-0.4, -0.2) is 46.6 Å². The Morgan fingerprint density at radius 3 is 2.50 bits per heavy atom. The van der Waals surface area contributed by atoms with Gasteiger partial charge in [0, 0.05) is 38.8 Å². The van der Waals surface area contributed by atoms with Crippen molar-refractivity contribution in [2.75, 3.05) is 19.6 Å². The SMILES string of the molecule is CC1CN(Cc2ccccc2)CCN1Cc1cccc(C(=O)O)c1. The van der Waals surface area contributed by atoms with Crippen molar-refractivity contribution in [1.82, 2.24) is 9.80 Å². The lowest BCUT2D eigenvalue weighted by Crippen LogP contribution is -2.50. The summed E-state index contributed by atoms with van der Waals surface area (Å²) in [6, 6.07) is 18.3. The van der Waals surface area contributed by atoms with Gasteiger partial charge in [-0.25, -0.2) is 4.79 Å². The maximum Gasteiger partial charge on any atom is 0.335 e. The maximum atomic E-state index is 11.1. The Hall–Kier alpha value is -2.17. The van der Waals surface area contributed by atoms with Gasteiger partial charge in [0.05, 0.1) is 5.56 Å². The standard InChI is InChI=1S/C20H24N2O2/c1-16-13-21(14-17-6-3-2-4-7-17)10-11-22(16)15-18-8-5-9-19(12-18)20(23)24/h2-9,12,16H,10-11,13-15H2,1H3,(H,23,24). The Bertz CT molecular complexity index is 687. The Labute approximate surface area is 143 Å². The van der Waals surface area contributed by atoms with Crippen molar-refractivity contribution in [2.45, 2.75) is 26.1 Å². The fourth-order valence-electron chi connectivity index (χ4n) is 3.33. The van der Waals surface area contributed by atoms with Crippen molar-refractivity contribution in [1.29, 1.82) is 0 Å². The third-order valence-corrected chi connectivity index (χ3v) is 4.66. The van der Waals surface area contributed by atoms with Crippen LogP contribution < -0.4 is 0 Å². The highest BCUT2D eigenvalue weighted by Gasteiger charge is 2.23. The van der Waals surface area contributed by atoms with Crippen LogP contribution in [0.3, 0.4) is 0 Å². The van der Waals surface area contributed by atoms with Crippen LogP contribution in [0.15, 0.2) is 54.6 Å². The highest BCUT2D eigenvalue weighted by Crippen LogP contribution is 2.17. The highest BCUT2D eigenvalue weighted by atomic mass is 16.4. The van der Waals surface area contributed by atoms with Crippen LogP contribution in [0, 0.1) is 0 Å². The monoisotopic (exact) mass is 324 g/mol. The molecule has 3 rings (SSSR count). The lowest BCUT2D eigenvalue weighted by atomic mass is 10.1. The summed E-state index contributed by atoms with van der Waals surface area (Å²) in [5.41, 5.74) is 2.79. The molecule has 0 radical (unpaired) electrons. The Kier molecular flexibility index (Phi) is 5.28. The summed E-state index contributed by atoms with van der Waals surface area (Å²) in [5.74, 6) is -0.863. The minimum Gasteiger partial charge on any atom is -0.478 e. The van der Waals surface area contributed by atoms with Crippen LogP contribution in [0.1, 0.15) is 28.4 Å². The van der Waals surface area contributed by atoms with E-state index in [1.165, 1.54) is 5.56 Å². The first-order valence-corrected chi connectivity index (χ1v) is 8.44. The average Bonchev–Trinajstić information content (AvgIpc) is 2.58. The van der Waals surface area contributed by atoms with E-state index in [0.29, 0.717) is 11.6 Å². The number of hydrogen-bond acceptors (Lipinski definition) is 3. The van der Waals surface area contributed by atoms with Gasteiger partial charge in [0.25, 0.3) is 0 Å². The number of carboxylic acids is 1. The van der Waals surface area contributed by atoms with E-state index in [4.69, 9.17) is 5.11 Å². The van der Waals surface area contributed by atoms with Gasteiger partial charge in [-0.15, -0.1) is 0 Å². The summed E-state index contributed by atoms with van der Waals surface area (Å²) in [6.45, 7) is 7.13. The van der Waals surface area contributed by atoms with Gasteiger partial charge in [0.2, 0.25) is 0 Å². The third kappa shape index (κ3) is 4.22. The third-order valence-electron chi connectivity index (χ3n) is 4.66. The Balaban J connectivity index is 1.58. The van der Waals surface area contributed by atoms with Gasteiger partial charge in [0.15, 0.2) is 0 Å². The maximum absolute atomic E-state index is 11.1. The molecule has 1 N–H and O–H groups in total. The second-order valence-corrected chi connectivity index (χ2v) is 6.55. The zero-order valence-corrected chi connectivity index (χ0v) is 14.1. The number of carbonyl (C=O) groups is 1. The molecule has 0 aromatic heterocycles. The van der Waals surface area contributed by atoms with Gasteiger partial charge < -0.3 is 5.11 Å². The number of nitrogens with zero attached hydrogens (tertiary/aromatic N) is 2. The van der Waals surface area contributed by atoms with E-state index in [1.54, 1.807) is 12.1 Å². The largest absolute Gasteiger partial charge is 0.478 e. The molecule has 2 aromatic rings. The summed E-state index contributed by atoms with van der Waals surface area (Å²) >= 11 is 0. The van der Waals surface area contributed by atoms with Crippen molar-refractivity contribution in [3.63, 3.8) is 0 Å². The quantitative estimate of drug-likeness (QED) is 0.918. The molecule has 1 aliphatic heterocycles. The second kappa shape index (κ2) is 7.60. The van der Waals surface area contributed by atoms with Crippen molar-refractivity contribution < 1.29 is 9.90 Å². The van der Waals surface area contributed by atoms with E-state index in [9.17, 15) is 4.79 Å². The Morgan fingerprint density at radius 2 is 1.79 bits per heavy atom. The summed E-state index contributed by atoms with van der Waals surface area (Å²) in [6.07, 6.45) is 0. The molecule has 0 bridgehead atoms. The molecule has 0 amide bonds. The molecule has 1 saturated heterocycles. The fourth-order valence-corrected chi connectivity index (χ4v) is 3.33. The summed E-state index contributed by atoms with van der Waals surface area (Å²) in [4.78, 5) is 16.0. The van der Waals surface area contributed by atoms with Crippen LogP contribution in [-0.2, 0) is 13.1 Å². The zero-order valence-electron chi connectivity index (χ0n) is 14.1. The van der Waals surface area contributed by atoms with Gasteiger partial charge in [-0.3, -0.25) is 9.80 Å². The molecule has 24 heavy (non-hydrogen) atoms. The first kappa shape index (κ1) is 16.7. The number of piperazine rings is 1. The normalized spacial score (nSPS) is 19.3. The second-order valence-electron chi connectivity index (χ2n) is 6.55. The lowest BCUT2D eigenvalue weighted by molar-refractivity contribution is 0.0694. The van der Waals surface area contributed by atoms with Gasteiger partial charge in [0.1, 0.15) is 0 Å². The molecule has 1 fully saturated rings. The molecular formula is C20H24N2O2. The number of carboxylic acid groups (broad SMARTS) is 1. The first-order chi connectivity index (χ1) is 11.6. The molecule has 1 aliphatic rings. The van der Waals surface area contributed by atoms with Crippen LogP contribution in [0.25, 0.3) is 0 Å². The molecule has 4 heteroatoms. The summed E-state index contributed by atoms with van der Waals surface area (Å²) in [7, 11) is 0. The van der Waals surface area contributed by atoms with Gasteiger partial charge in [-0.1, -0.05) is 42.5 Å². The molecule has 2 aromatic carbocycles. The van der Waals surface area contributed by atoms with Crippen molar-refractivity contribution in [3.05, 3.63) is 71.3 Å². The number of rotatable bonds is 5. The predicted molar refractivity (Wildman–Crippen MR) is 95.0 cm³/mol. The molecule has 1 atom stereocenters. The van der Waals surface area contributed by atoms with Gasteiger partial charge in [-0.05, 0) is 30.2 Å². The molecule has 1 heterocycles. The highest BCUT2D eigenvalue weighted by molar-refractivity contribution is 5.87. The van der Waals surface area contributed by atoms with E-state index in [0.717, 1.165) is 38.3 Å². The predicted octanol–water partition coefficient (Wildman–Crippen LogP) is 3.09. The number of benzene rings is 2. The summed E-state index contributed by atoms with van der Waals surface area (Å²) in [5, 5.41) is 9.12. The summed E-state index contributed by atoms with van der Waals surface area (Å²) < 4.78 is 0. The molecule has 126 valence electrons. The molecule has 4 nitrogen and oxygen atoms in total. The van der Waals surface area contributed by atoms with Gasteiger partial charge >= 0.3 is 5.97 Å².